The van der Waals surface area contributed by atoms with Gasteiger partial charge in [-0.3, -0.25) is 14.5 Å². The highest BCUT2D eigenvalue weighted by molar-refractivity contribution is 6.03. The molecular weight excluding hydrogens is 392 g/mol. The number of hydrazone groups is 1. The molecule has 2 aliphatic heterocycles. The van der Waals surface area contributed by atoms with Gasteiger partial charge in [-0.25, -0.2) is 5.01 Å². The van der Waals surface area contributed by atoms with Gasteiger partial charge in [-0.1, -0.05) is 42.5 Å². The van der Waals surface area contributed by atoms with Crippen molar-refractivity contribution in [3.63, 3.8) is 0 Å². The first-order chi connectivity index (χ1) is 15.0. The van der Waals surface area contributed by atoms with Crippen LogP contribution in [-0.4, -0.2) is 54.2 Å². The van der Waals surface area contributed by atoms with Gasteiger partial charge in [0.25, 0.3) is 5.91 Å². The summed E-state index contributed by atoms with van der Waals surface area (Å²) in [5, 5.41) is 6.36. The second-order valence-electron chi connectivity index (χ2n) is 8.10. The van der Waals surface area contributed by atoms with E-state index in [0.717, 1.165) is 22.6 Å². The van der Waals surface area contributed by atoms with Crippen molar-refractivity contribution in [2.75, 3.05) is 26.7 Å². The van der Waals surface area contributed by atoms with Crippen molar-refractivity contribution in [3.05, 3.63) is 65.7 Å². The standard InChI is InChI=1S/C24H28N4O3/c1-31-20-9-7-18(8-10-20)22-15-21(17-5-3-2-4-6-17)26-28(22)23(29)16-27-13-11-19(12-14-27)24(25)30/h2-10,19,22H,11-16H2,1H3,(H2,25,30)/t22-/m1/s1. The van der Waals surface area contributed by atoms with E-state index in [4.69, 9.17) is 15.6 Å². The Kier molecular flexibility index (Phi) is 6.32. The Morgan fingerprint density at radius 1 is 1.06 bits per heavy atom. The third-order valence-electron chi connectivity index (χ3n) is 6.12. The summed E-state index contributed by atoms with van der Waals surface area (Å²) in [6.45, 7) is 1.66. The largest absolute Gasteiger partial charge is 0.497 e. The van der Waals surface area contributed by atoms with Crippen LogP contribution in [-0.2, 0) is 9.59 Å². The number of likely N-dealkylation sites (tertiary alicyclic amines) is 1. The average molecular weight is 421 g/mol. The highest BCUT2D eigenvalue weighted by Gasteiger charge is 2.34. The Morgan fingerprint density at radius 2 is 1.74 bits per heavy atom. The summed E-state index contributed by atoms with van der Waals surface area (Å²) in [6, 6.07) is 17.6. The summed E-state index contributed by atoms with van der Waals surface area (Å²) in [6.07, 6.45) is 2.05. The highest BCUT2D eigenvalue weighted by atomic mass is 16.5. The minimum absolute atomic E-state index is 0.0377. The number of nitrogens with zero attached hydrogens (tertiary/aromatic N) is 3. The lowest BCUT2D eigenvalue weighted by atomic mass is 9.96. The predicted octanol–water partition coefficient (Wildman–Crippen LogP) is 2.57. The number of hydrogen-bond acceptors (Lipinski definition) is 5. The van der Waals surface area contributed by atoms with Gasteiger partial charge in [-0.15, -0.1) is 0 Å². The zero-order valence-electron chi connectivity index (χ0n) is 17.7. The lowest BCUT2D eigenvalue weighted by Crippen LogP contribution is -2.43. The third-order valence-corrected chi connectivity index (χ3v) is 6.12. The maximum Gasteiger partial charge on any atom is 0.257 e. The van der Waals surface area contributed by atoms with E-state index in [-0.39, 0.29) is 30.3 Å². The maximum atomic E-state index is 13.3. The molecule has 4 rings (SSSR count). The summed E-state index contributed by atoms with van der Waals surface area (Å²) in [5.74, 6) is 0.403. The number of piperidine rings is 1. The number of methoxy groups -OCH3 is 1. The van der Waals surface area contributed by atoms with Crippen LogP contribution < -0.4 is 10.5 Å². The van der Waals surface area contributed by atoms with Gasteiger partial charge >= 0.3 is 0 Å². The molecule has 0 aliphatic carbocycles. The summed E-state index contributed by atoms with van der Waals surface area (Å²) >= 11 is 0. The Labute approximate surface area is 182 Å². The van der Waals surface area contributed by atoms with Crippen molar-refractivity contribution >= 4 is 17.5 Å². The fourth-order valence-electron chi connectivity index (χ4n) is 4.27. The molecular formula is C24H28N4O3. The molecule has 0 aromatic heterocycles. The topological polar surface area (TPSA) is 88.2 Å². The Hall–Kier alpha value is -3.19. The zero-order valence-corrected chi connectivity index (χ0v) is 17.7. The molecule has 0 radical (unpaired) electrons. The molecule has 2 aliphatic rings. The smallest absolute Gasteiger partial charge is 0.257 e. The van der Waals surface area contributed by atoms with Gasteiger partial charge in [-0.05, 0) is 49.2 Å². The molecule has 0 bridgehead atoms. The number of hydrogen-bond donors (Lipinski definition) is 1. The number of amides is 2. The molecule has 0 spiro atoms. The van der Waals surface area contributed by atoms with Gasteiger partial charge in [0.2, 0.25) is 5.91 Å². The number of carbonyl (C=O) groups is 2. The second kappa shape index (κ2) is 9.31. The number of primary amides is 1. The van der Waals surface area contributed by atoms with Crippen LogP contribution in [0.2, 0.25) is 0 Å². The summed E-state index contributed by atoms with van der Waals surface area (Å²) in [7, 11) is 1.64. The van der Waals surface area contributed by atoms with E-state index in [1.807, 2.05) is 54.6 Å². The van der Waals surface area contributed by atoms with Crippen molar-refractivity contribution < 1.29 is 14.3 Å². The molecule has 2 heterocycles. The van der Waals surface area contributed by atoms with E-state index < -0.39 is 0 Å². The summed E-state index contributed by atoms with van der Waals surface area (Å²) < 4.78 is 5.27. The molecule has 1 fully saturated rings. The SMILES string of the molecule is COc1ccc([C@H]2CC(c3ccccc3)=NN2C(=O)CN2CCC(C(N)=O)CC2)cc1. The first kappa shape index (κ1) is 21.1. The van der Waals surface area contributed by atoms with Crippen molar-refractivity contribution in [2.45, 2.75) is 25.3 Å². The minimum atomic E-state index is -0.248. The summed E-state index contributed by atoms with van der Waals surface area (Å²) in [4.78, 5) is 26.8. The second-order valence-corrected chi connectivity index (χ2v) is 8.10. The van der Waals surface area contributed by atoms with Gasteiger partial charge in [0.05, 0.1) is 25.4 Å². The van der Waals surface area contributed by atoms with Crippen molar-refractivity contribution in [1.29, 1.82) is 0 Å². The van der Waals surface area contributed by atoms with Gasteiger partial charge in [0.1, 0.15) is 5.75 Å². The van der Waals surface area contributed by atoms with Crippen LogP contribution in [0.25, 0.3) is 0 Å². The van der Waals surface area contributed by atoms with E-state index in [1.54, 1.807) is 12.1 Å². The number of nitrogens with two attached hydrogens (primary N) is 1. The van der Waals surface area contributed by atoms with Crippen molar-refractivity contribution in [3.8, 4) is 5.75 Å². The van der Waals surface area contributed by atoms with Crippen molar-refractivity contribution in [2.24, 2.45) is 16.8 Å². The molecule has 1 saturated heterocycles. The third kappa shape index (κ3) is 4.77. The van der Waals surface area contributed by atoms with Gasteiger partial charge in [0, 0.05) is 12.3 Å². The Bertz CT molecular complexity index is 951. The molecule has 7 heteroatoms. The normalized spacial score (nSPS) is 19.8. The molecule has 2 N–H and O–H groups in total. The summed E-state index contributed by atoms with van der Waals surface area (Å²) in [5.41, 5.74) is 8.38. The first-order valence-electron chi connectivity index (χ1n) is 10.7. The van der Waals surface area contributed by atoms with Gasteiger partial charge in [-0.2, -0.15) is 5.10 Å². The van der Waals surface area contributed by atoms with Crippen LogP contribution in [0.5, 0.6) is 5.75 Å². The van der Waals surface area contributed by atoms with Crippen LogP contribution >= 0.6 is 0 Å². The molecule has 162 valence electrons. The zero-order chi connectivity index (χ0) is 21.8. The lowest BCUT2D eigenvalue weighted by Gasteiger charge is -2.31. The molecule has 7 nitrogen and oxygen atoms in total. The van der Waals surface area contributed by atoms with Crippen LogP contribution in [0, 0.1) is 5.92 Å². The molecule has 31 heavy (non-hydrogen) atoms. The average Bonchev–Trinajstić information content (AvgIpc) is 3.26. The molecule has 0 saturated carbocycles. The Morgan fingerprint density at radius 3 is 2.35 bits per heavy atom. The maximum absolute atomic E-state index is 13.3. The number of benzene rings is 2. The molecule has 2 aromatic rings. The number of ether oxygens (including phenoxy) is 1. The fourth-order valence-corrected chi connectivity index (χ4v) is 4.27. The minimum Gasteiger partial charge on any atom is -0.497 e. The first-order valence-corrected chi connectivity index (χ1v) is 10.7. The van der Waals surface area contributed by atoms with E-state index in [0.29, 0.717) is 32.4 Å². The van der Waals surface area contributed by atoms with Crippen LogP contribution in [0.1, 0.15) is 36.4 Å². The highest BCUT2D eigenvalue weighted by Crippen LogP contribution is 2.34. The Balaban J connectivity index is 1.52. The van der Waals surface area contributed by atoms with E-state index >= 15 is 0 Å². The fraction of sp³-hybridized carbons (Fsp3) is 0.375. The number of carbonyl (C=O) groups excluding carboxylic acids is 2. The van der Waals surface area contributed by atoms with Crippen molar-refractivity contribution in [1.82, 2.24) is 9.91 Å². The van der Waals surface area contributed by atoms with Crippen LogP contribution in [0.4, 0.5) is 0 Å². The lowest BCUT2D eigenvalue weighted by molar-refractivity contribution is -0.134. The van der Waals surface area contributed by atoms with E-state index in [9.17, 15) is 9.59 Å². The molecule has 0 unspecified atom stereocenters. The van der Waals surface area contributed by atoms with Crippen LogP contribution in [0.15, 0.2) is 59.7 Å². The monoisotopic (exact) mass is 420 g/mol. The van der Waals surface area contributed by atoms with Crippen LogP contribution in [0.3, 0.4) is 0 Å². The predicted molar refractivity (Wildman–Crippen MR) is 119 cm³/mol. The van der Waals surface area contributed by atoms with Gasteiger partial charge < -0.3 is 10.5 Å². The number of rotatable bonds is 6. The molecule has 1 atom stereocenters. The van der Waals surface area contributed by atoms with E-state index in [1.165, 1.54) is 0 Å². The molecule has 2 aromatic carbocycles. The quantitative estimate of drug-likeness (QED) is 0.778. The molecule has 2 amide bonds. The van der Waals surface area contributed by atoms with Gasteiger partial charge in [0.15, 0.2) is 0 Å². The van der Waals surface area contributed by atoms with E-state index in [2.05, 4.69) is 4.90 Å².